The van der Waals surface area contributed by atoms with E-state index in [1.807, 2.05) is 9.80 Å². The van der Waals surface area contributed by atoms with Gasteiger partial charge in [-0.15, -0.1) is 0 Å². The minimum atomic E-state index is -0.382. The van der Waals surface area contributed by atoms with E-state index < -0.39 is 0 Å². The van der Waals surface area contributed by atoms with Crippen LogP contribution in [0.4, 0.5) is 0 Å². The van der Waals surface area contributed by atoms with Crippen molar-refractivity contribution in [2.75, 3.05) is 32.7 Å². The molecule has 1 aliphatic carbocycles. The number of piperazine rings is 1. The molecule has 0 N–H and O–H groups in total. The number of piperidine rings is 1. The molecule has 6 nitrogen and oxygen atoms in total. The molecule has 0 aromatic heterocycles. The highest BCUT2D eigenvalue weighted by Crippen LogP contribution is 2.41. The standard InChI is InChI=1S/C20H33N3O3/c1-2-10-21-11-13-22(14-12-21)19(25)9-8-17-4-3-5-18(16-6-7-16)23(17)20(26)15-24/h15-18H,2-14H2,1H3. The van der Waals surface area contributed by atoms with Crippen LogP contribution in [0.15, 0.2) is 0 Å². The average Bonchev–Trinajstić information content (AvgIpc) is 3.51. The van der Waals surface area contributed by atoms with Gasteiger partial charge in [0, 0.05) is 44.7 Å². The number of amides is 2. The van der Waals surface area contributed by atoms with Crippen molar-refractivity contribution in [1.29, 1.82) is 0 Å². The molecule has 3 fully saturated rings. The second-order valence-electron chi connectivity index (χ2n) is 8.11. The molecule has 3 aliphatic rings. The van der Waals surface area contributed by atoms with Crippen LogP contribution in [0.5, 0.6) is 0 Å². The number of carbonyl (C=O) groups excluding carboxylic acids is 3. The summed E-state index contributed by atoms with van der Waals surface area (Å²) in [5.74, 6) is 0.393. The van der Waals surface area contributed by atoms with Gasteiger partial charge in [-0.25, -0.2) is 0 Å². The maximum atomic E-state index is 12.6. The van der Waals surface area contributed by atoms with Gasteiger partial charge in [0.05, 0.1) is 0 Å². The molecule has 1 saturated carbocycles. The largest absolute Gasteiger partial charge is 0.340 e. The van der Waals surface area contributed by atoms with Gasteiger partial charge < -0.3 is 9.80 Å². The number of nitrogens with zero attached hydrogens (tertiary/aromatic N) is 3. The molecule has 2 unspecified atom stereocenters. The Labute approximate surface area is 156 Å². The average molecular weight is 364 g/mol. The van der Waals surface area contributed by atoms with Crippen molar-refractivity contribution >= 4 is 18.1 Å². The summed E-state index contributed by atoms with van der Waals surface area (Å²) >= 11 is 0. The highest BCUT2D eigenvalue weighted by Gasteiger charge is 2.42. The van der Waals surface area contributed by atoms with E-state index in [9.17, 15) is 14.4 Å². The van der Waals surface area contributed by atoms with Gasteiger partial charge in [0.25, 0.3) is 5.91 Å². The third-order valence-electron chi connectivity index (χ3n) is 6.27. The number of aldehydes is 1. The molecule has 2 saturated heterocycles. The SMILES string of the molecule is CCCN1CCN(C(=O)CCC2CCCC(C3CC3)N2C(=O)C=O)CC1. The Morgan fingerprint density at radius 2 is 1.77 bits per heavy atom. The predicted molar refractivity (Wildman–Crippen MR) is 99.6 cm³/mol. The lowest BCUT2D eigenvalue weighted by Crippen LogP contribution is -2.52. The summed E-state index contributed by atoms with van der Waals surface area (Å²) in [6.07, 6.45) is 8.14. The van der Waals surface area contributed by atoms with Crippen molar-refractivity contribution in [3.05, 3.63) is 0 Å². The molecule has 6 heteroatoms. The predicted octanol–water partition coefficient (Wildman–Crippen LogP) is 1.68. The number of rotatable bonds is 7. The first-order valence-corrected chi connectivity index (χ1v) is 10.4. The summed E-state index contributed by atoms with van der Waals surface area (Å²) in [4.78, 5) is 42.2. The van der Waals surface area contributed by atoms with Crippen LogP contribution in [0, 0.1) is 5.92 Å². The molecule has 26 heavy (non-hydrogen) atoms. The monoisotopic (exact) mass is 363 g/mol. The van der Waals surface area contributed by atoms with Crippen LogP contribution in [0.2, 0.25) is 0 Å². The Hall–Kier alpha value is -1.43. The van der Waals surface area contributed by atoms with Crippen LogP contribution >= 0.6 is 0 Å². The van der Waals surface area contributed by atoms with Crippen molar-refractivity contribution in [3.8, 4) is 0 Å². The molecule has 0 spiro atoms. The number of likely N-dealkylation sites (tertiary alicyclic amines) is 1. The van der Waals surface area contributed by atoms with Crippen LogP contribution in [-0.4, -0.2) is 77.6 Å². The molecule has 2 atom stereocenters. The molecule has 146 valence electrons. The summed E-state index contributed by atoms with van der Waals surface area (Å²) in [6, 6.07) is 0.275. The molecule has 2 aliphatic heterocycles. The molecule has 0 aromatic rings. The van der Waals surface area contributed by atoms with Gasteiger partial charge in [-0.05, 0) is 57.4 Å². The Morgan fingerprint density at radius 3 is 2.38 bits per heavy atom. The highest BCUT2D eigenvalue weighted by atomic mass is 16.2. The number of hydrogen-bond donors (Lipinski definition) is 0. The molecular weight excluding hydrogens is 330 g/mol. The van der Waals surface area contributed by atoms with Crippen LogP contribution in [0.3, 0.4) is 0 Å². The smallest absolute Gasteiger partial charge is 0.287 e. The molecule has 0 aromatic carbocycles. The quantitative estimate of drug-likeness (QED) is 0.510. The molecule has 0 radical (unpaired) electrons. The Kier molecular flexibility index (Phi) is 6.68. The first-order valence-electron chi connectivity index (χ1n) is 10.4. The second kappa shape index (κ2) is 8.98. The van der Waals surface area contributed by atoms with Crippen molar-refractivity contribution in [2.24, 2.45) is 5.92 Å². The van der Waals surface area contributed by atoms with E-state index in [-0.39, 0.29) is 23.9 Å². The normalized spacial score (nSPS) is 27.4. The van der Waals surface area contributed by atoms with E-state index in [0.717, 1.165) is 58.4 Å². The lowest BCUT2D eigenvalue weighted by Gasteiger charge is -2.42. The minimum absolute atomic E-state index is 0.0531. The Bertz CT molecular complexity index is 512. The van der Waals surface area contributed by atoms with E-state index in [0.29, 0.717) is 25.0 Å². The lowest BCUT2D eigenvalue weighted by atomic mass is 9.90. The number of hydrogen-bond acceptors (Lipinski definition) is 4. The fourth-order valence-electron chi connectivity index (χ4n) is 4.73. The fourth-order valence-corrected chi connectivity index (χ4v) is 4.73. The molecule has 2 heterocycles. The third kappa shape index (κ3) is 4.64. The van der Waals surface area contributed by atoms with E-state index >= 15 is 0 Å². The summed E-state index contributed by atoms with van der Waals surface area (Å²) in [5, 5.41) is 0. The summed E-state index contributed by atoms with van der Waals surface area (Å²) in [7, 11) is 0. The summed E-state index contributed by atoms with van der Waals surface area (Å²) in [6.45, 7) is 6.83. The molecule has 2 amide bonds. The number of carbonyl (C=O) groups is 3. The van der Waals surface area contributed by atoms with Crippen LogP contribution < -0.4 is 0 Å². The maximum Gasteiger partial charge on any atom is 0.287 e. The van der Waals surface area contributed by atoms with Gasteiger partial charge in [-0.3, -0.25) is 19.3 Å². The first-order chi connectivity index (χ1) is 12.6. The van der Waals surface area contributed by atoms with Gasteiger partial charge >= 0.3 is 0 Å². The van der Waals surface area contributed by atoms with Gasteiger partial charge in [-0.1, -0.05) is 6.92 Å². The minimum Gasteiger partial charge on any atom is -0.340 e. The zero-order chi connectivity index (χ0) is 18.5. The fraction of sp³-hybridized carbons (Fsp3) is 0.850. The maximum absolute atomic E-state index is 12.6. The van der Waals surface area contributed by atoms with Gasteiger partial charge in [0.2, 0.25) is 12.2 Å². The molecular formula is C20H33N3O3. The molecule has 3 rings (SSSR count). The van der Waals surface area contributed by atoms with Gasteiger partial charge in [0.1, 0.15) is 0 Å². The van der Waals surface area contributed by atoms with E-state index in [2.05, 4.69) is 11.8 Å². The highest BCUT2D eigenvalue weighted by molar-refractivity contribution is 6.23. The van der Waals surface area contributed by atoms with Crippen molar-refractivity contribution in [2.45, 2.75) is 70.4 Å². The van der Waals surface area contributed by atoms with E-state index in [4.69, 9.17) is 0 Å². The van der Waals surface area contributed by atoms with Crippen LogP contribution in [0.25, 0.3) is 0 Å². The lowest BCUT2D eigenvalue weighted by molar-refractivity contribution is -0.145. The van der Waals surface area contributed by atoms with Crippen molar-refractivity contribution in [1.82, 2.24) is 14.7 Å². The van der Waals surface area contributed by atoms with Gasteiger partial charge in [-0.2, -0.15) is 0 Å². The second-order valence-corrected chi connectivity index (χ2v) is 8.11. The van der Waals surface area contributed by atoms with Gasteiger partial charge in [0.15, 0.2) is 0 Å². The topological polar surface area (TPSA) is 60.9 Å². The van der Waals surface area contributed by atoms with E-state index in [1.54, 1.807) is 0 Å². The van der Waals surface area contributed by atoms with Crippen LogP contribution in [-0.2, 0) is 14.4 Å². The summed E-state index contributed by atoms with van der Waals surface area (Å²) in [5.41, 5.74) is 0. The van der Waals surface area contributed by atoms with Crippen LogP contribution in [0.1, 0.15) is 58.3 Å². The zero-order valence-corrected chi connectivity index (χ0v) is 16.1. The third-order valence-corrected chi connectivity index (χ3v) is 6.27. The Morgan fingerprint density at radius 1 is 1.04 bits per heavy atom. The van der Waals surface area contributed by atoms with Crippen molar-refractivity contribution in [3.63, 3.8) is 0 Å². The zero-order valence-electron chi connectivity index (χ0n) is 16.1. The summed E-state index contributed by atoms with van der Waals surface area (Å²) < 4.78 is 0. The first kappa shape index (κ1) is 19.3. The molecule has 0 bridgehead atoms. The van der Waals surface area contributed by atoms with Crippen molar-refractivity contribution < 1.29 is 14.4 Å². The van der Waals surface area contributed by atoms with E-state index in [1.165, 1.54) is 12.8 Å². The Balaban J connectivity index is 1.51.